The van der Waals surface area contributed by atoms with Crippen LogP contribution in [0.1, 0.15) is 25.0 Å². The van der Waals surface area contributed by atoms with Gasteiger partial charge in [0.2, 0.25) is 5.91 Å². The van der Waals surface area contributed by atoms with E-state index in [-0.39, 0.29) is 33.9 Å². The number of nitrogens with zero attached hydrogens (tertiary/aromatic N) is 4. The number of aromatic nitrogens is 1. The third-order valence-electron chi connectivity index (χ3n) is 6.63. The predicted octanol–water partition coefficient (Wildman–Crippen LogP) is 1.02. The van der Waals surface area contributed by atoms with Crippen LogP contribution < -0.4 is 11.1 Å². The van der Waals surface area contributed by atoms with Crippen LogP contribution in [-0.4, -0.2) is 104 Å². The molecule has 4 heterocycles. The molecule has 1 aliphatic carbocycles. The lowest BCUT2D eigenvalue weighted by Crippen LogP contribution is -2.71. The quantitative estimate of drug-likeness (QED) is 0.136. The topological polar surface area (TPSA) is 205 Å². The molecule has 5 rings (SSSR count). The number of amides is 3. The second kappa shape index (κ2) is 12.6. The zero-order chi connectivity index (χ0) is 31.6. The lowest BCUT2D eigenvalue weighted by molar-refractivity contribution is -0.192. The number of carbonyl (C=O) groups is 5. The molecule has 3 amide bonds. The number of thiazole rings is 1. The predicted molar refractivity (Wildman–Crippen MR) is 145 cm³/mol. The van der Waals surface area contributed by atoms with Gasteiger partial charge in [0.15, 0.2) is 10.8 Å². The summed E-state index contributed by atoms with van der Waals surface area (Å²) in [6, 6.07) is -0.953. The Hall–Kier alpha value is -4.13. The fourth-order valence-corrected chi connectivity index (χ4v) is 6.31. The molecule has 3 fully saturated rings. The maximum atomic E-state index is 13.0. The summed E-state index contributed by atoms with van der Waals surface area (Å²) in [7, 11) is 1.27. The largest absolute Gasteiger partial charge is 0.490 e. The summed E-state index contributed by atoms with van der Waals surface area (Å²) in [4.78, 5) is 71.4. The molecular weight excluding hydrogens is 621 g/mol. The minimum Gasteiger partial charge on any atom is -0.477 e. The van der Waals surface area contributed by atoms with E-state index in [2.05, 4.69) is 15.5 Å². The van der Waals surface area contributed by atoms with Crippen molar-refractivity contribution in [3.8, 4) is 0 Å². The number of likely N-dealkylation sites (tertiary alicyclic amines) is 1. The molecule has 1 aromatic heterocycles. The number of nitrogens with one attached hydrogen (secondary N) is 1. The highest BCUT2D eigenvalue weighted by molar-refractivity contribution is 8.00. The number of hydrogen-bond acceptors (Lipinski definition) is 11. The number of fused-ring (bicyclic) bond motifs is 1. The Bertz CT molecular complexity index is 1440. The fraction of sp³-hybridized carbons (Fsp3) is 0.458. The number of carbonyl (C=O) groups excluding carboxylic acids is 3. The molecule has 0 spiro atoms. The molecule has 3 aliphatic heterocycles. The first kappa shape index (κ1) is 31.8. The third kappa shape index (κ3) is 7.10. The highest BCUT2D eigenvalue weighted by atomic mass is 32.2. The van der Waals surface area contributed by atoms with Gasteiger partial charge >= 0.3 is 18.1 Å². The smallest absolute Gasteiger partial charge is 0.477 e. The van der Waals surface area contributed by atoms with Crippen molar-refractivity contribution in [2.75, 3.05) is 31.7 Å². The van der Waals surface area contributed by atoms with E-state index in [1.165, 1.54) is 29.2 Å². The maximum Gasteiger partial charge on any atom is 0.490 e. The van der Waals surface area contributed by atoms with Gasteiger partial charge in [-0.3, -0.25) is 19.3 Å². The molecule has 0 radical (unpaired) electrons. The number of rotatable bonds is 8. The van der Waals surface area contributed by atoms with Gasteiger partial charge in [-0.15, -0.1) is 23.1 Å². The monoisotopic (exact) mass is 646 g/mol. The SMILES string of the molecule is CO/N=C(\C(=O)N[C@@H]1C(=O)N2C(C(=O)O)=C(/C=C3\CCN(CC4CC4)C3=O)CS[C@H]12)c1csc(N)n1.O=C(O)C(F)(F)F. The van der Waals surface area contributed by atoms with Crippen molar-refractivity contribution in [3.05, 3.63) is 34.0 Å². The van der Waals surface area contributed by atoms with Gasteiger partial charge in [0, 0.05) is 29.8 Å². The molecule has 0 unspecified atom stereocenters. The number of thioether (sulfide) groups is 1. The summed E-state index contributed by atoms with van der Waals surface area (Å²) < 4.78 is 31.7. The van der Waals surface area contributed by atoms with E-state index in [4.69, 9.17) is 20.5 Å². The van der Waals surface area contributed by atoms with Crippen LogP contribution in [0.2, 0.25) is 0 Å². The second-order valence-electron chi connectivity index (χ2n) is 9.65. The number of oxime groups is 1. The van der Waals surface area contributed by atoms with Crippen molar-refractivity contribution in [2.24, 2.45) is 11.1 Å². The van der Waals surface area contributed by atoms with Crippen molar-refractivity contribution < 1.29 is 52.2 Å². The number of carboxylic acid groups (broad SMARTS) is 2. The van der Waals surface area contributed by atoms with Gasteiger partial charge in [0.25, 0.3) is 11.8 Å². The molecule has 0 bridgehead atoms. The number of halogens is 3. The number of allylic oxidation sites excluding steroid dienone is 1. The number of β-lactam (4-membered cyclic amide) rings is 1. The number of hydrogen-bond donors (Lipinski definition) is 4. The highest BCUT2D eigenvalue weighted by Crippen LogP contribution is 2.41. The average molecular weight is 647 g/mol. The first-order chi connectivity index (χ1) is 20.2. The molecule has 4 aliphatic rings. The lowest BCUT2D eigenvalue weighted by Gasteiger charge is -2.49. The second-order valence-corrected chi connectivity index (χ2v) is 11.6. The van der Waals surface area contributed by atoms with Crippen LogP contribution in [0.4, 0.5) is 18.3 Å². The van der Waals surface area contributed by atoms with Gasteiger partial charge < -0.3 is 31.0 Å². The van der Waals surface area contributed by atoms with Gasteiger partial charge in [-0.25, -0.2) is 14.6 Å². The van der Waals surface area contributed by atoms with Crippen molar-refractivity contribution in [1.82, 2.24) is 20.1 Å². The zero-order valence-corrected chi connectivity index (χ0v) is 23.9. The lowest BCUT2D eigenvalue weighted by atomic mass is 10.0. The van der Waals surface area contributed by atoms with Crippen molar-refractivity contribution in [3.63, 3.8) is 0 Å². The Morgan fingerprint density at radius 1 is 1.28 bits per heavy atom. The van der Waals surface area contributed by atoms with Gasteiger partial charge in [-0.05, 0) is 36.8 Å². The number of carboxylic acids is 2. The zero-order valence-electron chi connectivity index (χ0n) is 22.3. The Balaban J connectivity index is 0.000000541. The molecule has 19 heteroatoms. The van der Waals surface area contributed by atoms with E-state index < -0.39 is 41.3 Å². The first-order valence-electron chi connectivity index (χ1n) is 12.6. The first-order valence-corrected chi connectivity index (χ1v) is 14.5. The van der Waals surface area contributed by atoms with Crippen molar-refractivity contribution in [1.29, 1.82) is 0 Å². The normalized spacial score (nSPS) is 23.0. The van der Waals surface area contributed by atoms with E-state index in [0.29, 0.717) is 30.0 Å². The third-order valence-corrected chi connectivity index (χ3v) is 8.60. The number of anilines is 1. The average Bonchev–Trinajstić information content (AvgIpc) is 3.57. The fourth-order valence-electron chi connectivity index (χ4n) is 4.45. The highest BCUT2D eigenvalue weighted by Gasteiger charge is 2.54. The minimum absolute atomic E-state index is 0.0704. The molecular formula is C24H25F3N6O8S2. The molecule has 5 N–H and O–H groups in total. The van der Waals surface area contributed by atoms with Gasteiger partial charge in [0.1, 0.15) is 29.9 Å². The molecule has 43 heavy (non-hydrogen) atoms. The Morgan fingerprint density at radius 3 is 2.49 bits per heavy atom. The summed E-state index contributed by atoms with van der Waals surface area (Å²) in [6.45, 7) is 1.37. The maximum absolute atomic E-state index is 13.0. The molecule has 0 aromatic carbocycles. The Morgan fingerprint density at radius 2 is 1.95 bits per heavy atom. The van der Waals surface area contributed by atoms with Gasteiger partial charge in [-0.1, -0.05) is 5.16 Å². The molecule has 14 nitrogen and oxygen atoms in total. The van der Waals surface area contributed by atoms with E-state index in [1.807, 2.05) is 4.90 Å². The van der Waals surface area contributed by atoms with Crippen LogP contribution in [0.15, 0.2) is 33.5 Å². The van der Waals surface area contributed by atoms with Gasteiger partial charge in [-0.2, -0.15) is 13.2 Å². The Kier molecular flexibility index (Phi) is 9.33. The number of nitrogens with two attached hydrogens (primary N) is 1. The van der Waals surface area contributed by atoms with Gasteiger partial charge in [0.05, 0.1) is 0 Å². The van der Waals surface area contributed by atoms with Crippen LogP contribution in [0.25, 0.3) is 0 Å². The van der Waals surface area contributed by atoms with E-state index >= 15 is 0 Å². The standard InChI is InChI=1S/C22H24N6O6S2.C2HF3O2/c1-34-26-14(13-9-36-22(23)24-13)17(29)25-15-19(31)28-16(21(32)33)12(8-35-20(15)28)6-11-4-5-27(18(11)30)7-10-2-3-10;3-2(4,5)1(6)7/h6,9-10,15,20H,2-5,7-8H2,1H3,(H2,23,24)(H,25,29)(H,32,33);(H,6,7)/b11-6+,26-14-;/t15-,20-;/m1./s1. The van der Waals surface area contributed by atoms with Crippen LogP contribution in [0, 0.1) is 5.92 Å². The van der Waals surface area contributed by atoms with E-state index in [0.717, 1.165) is 30.7 Å². The van der Waals surface area contributed by atoms with E-state index in [1.54, 1.807) is 6.08 Å². The summed E-state index contributed by atoms with van der Waals surface area (Å²) in [5.74, 6) is -4.49. The number of nitrogen functional groups attached to an aromatic ring is 1. The molecule has 2 saturated heterocycles. The van der Waals surface area contributed by atoms with Crippen molar-refractivity contribution >= 4 is 63.6 Å². The summed E-state index contributed by atoms with van der Waals surface area (Å²) in [6.07, 6.45) is -0.635. The molecule has 2 atom stereocenters. The number of aliphatic carboxylic acids is 2. The summed E-state index contributed by atoms with van der Waals surface area (Å²) >= 11 is 2.45. The van der Waals surface area contributed by atoms with Crippen molar-refractivity contribution in [2.45, 2.75) is 36.9 Å². The molecule has 1 saturated carbocycles. The summed E-state index contributed by atoms with van der Waals surface area (Å²) in [5.41, 5.74) is 6.51. The van der Waals surface area contributed by atoms with E-state index in [9.17, 15) is 37.5 Å². The van der Waals surface area contributed by atoms with Crippen LogP contribution in [0.3, 0.4) is 0 Å². The van der Waals surface area contributed by atoms with Crippen LogP contribution >= 0.6 is 23.1 Å². The Labute approximate surface area is 249 Å². The summed E-state index contributed by atoms with van der Waals surface area (Å²) in [5, 5.41) is 24.5. The molecule has 232 valence electrons. The molecule has 1 aromatic rings. The minimum atomic E-state index is -5.08. The van der Waals surface area contributed by atoms with Crippen LogP contribution in [0.5, 0.6) is 0 Å². The number of alkyl halides is 3. The van der Waals surface area contributed by atoms with Crippen LogP contribution in [-0.2, 0) is 28.8 Å².